The second-order valence-electron chi connectivity index (χ2n) is 6.14. The molecule has 0 spiro atoms. The van der Waals surface area contributed by atoms with Crippen LogP contribution in [0.4, 0.5) is 5.69 Å². The fraction of sp³-hybridized carbons (Fsp3) is 0.0952. The zero-order valence-corrected chi connectivity index (χ0v) is 15.9. The monoisotopic (exact) mass is 392 g/mol. The molecular weight excluding hydrogens is 376 g/mol. The van der Waals surface area contributed by atoms with Crippen molar-refractivity contribution in [3.63, 3.8) is 0 Å². The maximum Gasteiger partial charge on any atom is 0.246 e. The highest BCUT2D eigenvalue weighted by Crippen LogP contribution is 2.24. The lowest BCUT2D eigenvalue weighted by atomic mass is 10.2. The molecule has 0 radical (unpaired) electrons. The van der Waals surface area contributed by atoms with E-state index in [1.54, 1.807) is 18.3 Å². The molecule has 0 N–H and O–H groups in total. The second-order valence-corrected chi connectivity index (χ2v) is 6.58. The highest BCUT2D eigenvalue weighted by atomic mass is 35.5. The minimum absolute atomic E-state index is 0.487. The summed E-state index contributed by atoms with van der Waals surface area (Å²) in [4.78, 5) is 10.6. The van der Waals surface area contributed by atoms with Crippen molar-refractivity contribution in [2.45, 2.75) is 6.54 Å². The highest BCUT2D eigenvalue weighted by molar-refractivity contribution is 6.30. The first-order chi connectivity index (χ1) is 13.7. The van der Waals surface area contributed by atoms with Crippen molar-refractivity contribution in [1.82, 2.24) is 15.1 Å². The van der Waals surface area contributed by atoms with Crippen LogP contribution in [0.3, 0.4) is 0 Å². The predicted molar refractivity (Wildman–Crippen MR) is 108 cm³/mol. The van der Waals surface area contributed by atoms with Crippen LogP contribution >= 0.6 is 11.6 Å². The summed E-state index contributed by atoms with van der Waals surface area (Å²) in [7, 11) is 1.96. The third-order valence-electron chi connectivity index (χ3n) is 4.08. The molecule has 7 heteroatoms. The number of ether oxygens (including phenoxy) is 1. The number of nitrogens with zero attached hydrogens (tertiary/aromatic N) is 4. The van der Waals surface area contributed by atoms with Crippen molar-refractivity contribution >= 4 is 17.3 Å². The average molecular weight is 393 g/mol. The van der Waals surface area contributed by atoms with Crippen LogP contribution in [0, 0.1) is 0 Å². The molecule has 0 bridgehead atoms. The standard InChI is InChI=1S/C21H17ClN4O2/c1-26(14-20-24-21(25-28-20)15-5-7-16(22)8-6-15)17-9-11-18(12-10-17)27-19-4-2-3-13-23-19/h2-13H,14H2,1H3. The van der Waals surface area contributed by atoms with Gasteiger partial charge in [-0.2, -0.15) is 4.98 Å². The molecule has 0 saturated heterocycles. The van der Waals surface area contributed by atoms with E-state index in [4.69, 9.17) is 20.9 Å². The third-order valence-corrected chi connectivity index (χ3v) is 4.33. The summed E-state index contributed by atoms with van der Waals surface area (Å²) in [5.41, 5.74) is 1.86. The van der Waals surface area contributed by atoms with Crippen LogP contribution in [-0.2, 0) is 6.54 Å². The van der Waals surface area contributed by atoms with E-state index in [0.717, 1.165) is 17.0 Å². The van der Waals surface area contributed by atoms with Gasteiger partial charge in [-0.3, -0.25) is 0 Å². The van der Waals surface area contributed by atoms with Crippen LogP contribution in [0.2, 0.25) is 5.02 Å². The van der Waals surface area contributed by atoms with E-state index in [9.17, 15) is 0 Å². The van der Waals surface area contributed by atoms with Crippen LogP contribution < -0.4 is 9.64 Å². The van der Waals surface area contributed by atoms with Gasteiger partial charge in [0.2, 0.25) is 17.6 Å². The Balaban J connectivity index is 1.41. The maximum atomic E-state index is 5.91. The number of aromatic nitrogens is 3. The van der Waals surface area contributed by atoms with E-state index in [1.165, 1.54) is 0 Å². The average Bonchev–Trinajstić information content (AvgIpc) is 3.18. The molecule has 0 saturated carbocycles. The van der Waals surface area contributed by atoms with Crippen LogP contribution in [0.1, 0.15) is 5.89 Å². The summed E-state index contributed by atoms with van der Waals surface area (Å²) in [6.45, 7) is 0.487. The van der Waals surface area contributed by atoms with Gasteiger partial charge in [0, 0.05) is 35.6 Å². The fourth-order valence-corrected chi connectivity index (χ4v) is 2.75. The number of anilines is 1. The lowest BCUT2D eigenvalue weighted by molar-refractivity contribution is 0.378. The maximum absolute atomic E-state index is 5.91. The molecule has 0 fully saturated rings. The van der Waals surface area contributed by atoms with Crippen molar-refractivity contribution in [2.75, 3.05) is 11.9 Å². The zero-order chi connectivity index (χ0) is 19.3. The molecule has 2 aromatic carbocycles. The van der Waals surface area contributed by atoms with Gasteiger partial charge in [-0.15, -0.1) is 0 Å². The van der Waals surface area contributed by atoms with E-state index < -0.39 is 0 Å². The summed E-state index contributed by atoms with van der Waals surface area (Å²) in [5, 5.41) is 4.71. The molecule has 0 amide bonds. The summed E-state index contributed by atoms with van der Waals surface area (Å²) >= 11 is 5.91. The van der Waals surface area contributed by atoms with Gasteiger partial charge in [-0.1, -0.05) is 22.8 Å². The number of benzene rings is 2. The second kappa shape index (κ2) is 8.10. The Kier molecular flexibility index (Phi) is 5.21. The molecule has 2 aromatic heterocycles. The van der Waals surface area contributed by atoms with Crippen molar-refractivity contribution in [2.24, 2.45) is 0 Å². The van der Waals surface area contributed by atoms with Gasteiger partial charge >= 0.3 is 0 Å². The molecular formula is C21H17ClN4O2. The van der Waals surface area contributed by atoms with E-state index in [2.05, 4.69) is 15.1 Å². The normalized spacial score (nSPS) is 10.6. The van der Waals surface area contributed by atoms with Gasteiger partial charge < -0.3 is 14.2 Å². The quantitative estimate of drug-likeness (QED) is 0.448. The third kappa shape index (κ3) is 4.29. The SMILES string of the molecule is CN(Cc1nc(-c2ccc(Cl)cc2)no1)c1ccc(Oc2ccccn2)cc1. The van der Waals surface area contributed by atoms with E-state index >= 15 is 0 Å². The Morgan fingerprint density at radius 2 is 1.79 bits per heavy atom. The first-order valence-electron chi connectivity index (χ1n) is 8.66. The van der Waals surface area contributed by atoms with Crippen LogP contribution in [0.5, 0.6) is 11.6 Å². The van der Waals surface area contributed by atoms with Crippen molar-refractivity contribution in [1.29, 1.82) is 0 Å². The topological polar surface area (TPSA) is 64.3 Å². The van der Waals surface area contributed by atoms with Gasteiger partial charge in [0.1, 0.15) is 5.75 Å². The number of halogens is 1. The smallest absolute Gasteiger partial charge is 0.246 e. The molecule has 28 heavy (non-hydrogen) atoms. The Hall–Kier alpha value is -3.38. The number of rotatable bonds is 6. The molecule has 4 aromatic rings. The highest BCUT2D eigenvalue weighted by Gasteiger charge is 2.11. The Bertz CT molecular complexity index is 1030. The number of hydrogen-bond acceptors (Lipinski definition) is 6. The largest absolute Gasteiger partial charge is 0.439 e. The molecule has 4 rings (SSSR count). The summed E-state index contributed by atoms with van der Waals surface area (Å²) in [6.07, 6.45) is 1.69. The number of hydrogen-bond donors (Lipinski definition) is 0. The molecule has 6 nitrogen and oxygen atoms in total. The van der Waals surface area contributed by atoms with Gasteiger partial charge in [0.25, 0.3) is 0 Å². The van der Waals surface area contributed by atoms with E-state index in [0.29, 0.717) is 29.2 Å². The van der Waals surface area contributed by atoms with Crippen molar-refractivity contribution in [3.8, 4) is 23.0 Å². The lowest BCUT2D eigenvalue weighted by Crippen LogP contribution is -2.16. The zero-order valence-electron chi connectivity index (χ0n) is 15.1. The predicted octanol–water partition coefficient (Wildman–Crippen LogP) is 5.21. The van der Waals surface area contributed by atoms with Gasteiger partial charge in [0.15, 0.2) is 0 Å². The molecule has 0 atom stereocenters. The first kappa shape index (κ1) is 18.0. The van der Waals surface area contributed by atoms with Gasteiger partial charge in [0.05, 0.1) is 6.54 Å². The molecule has 2 heterocycles. The Morgan fingerprint density at radius 3 is 2.50 bits per heavy atom. The molecule has 0 unspecified atom stereocenters. The van der Waals surface area contributed by atoms with Gasteiger partial charge in [-0.05, 0) is 54.6 Å². The van der Waals surface area contributed by atoms with E-state index in [-0.39, 0.29) is 0 Å². The van der Waals surface area contributed by atoms with Gasteiger partial charge in [-0.25, -0.2) is 4.98 Å². The molecule has 0 aliphatic rings. The Labute approximate surface area is 167 Å². The van der Waals surface area contributed by atoms with Crippen LogP contribution in [0.15, 0.2) is 77.4 Å². The van der Waals surface area contributed by atoms with Crippen molar-refractivity contribution < 1.29 is 9.26 Å². The van der Waals surface area contributed by atoms with Crippen LogP contribution in [0.25, 0.3) is 11.4 Å². The minimum atomic E-state index is 0.487. The molecule has 0 aliphatic heterocycles. The van der Waals surface area contributed by atoms with Crippen LogP contribution in [-0.4, -0.2) is 22.2 Å². The lowest BCUT2D eigenvalue weighted by Gasteiger charge is -2.17. The first-order valence-corrected chi connectivity index (χ1v) is 9.04. The number of pyridine rings is 1. The summed E-state index contributed by atoms with van der Waals surface area (Å²) < 4.78 is 11.1. The summed E-state index contributed by atoms with van der Waals surface area (Å²) in [6, 6.07) is 20.6. The summed E-state index contributed by atoms with van der Waals surface area (Å²) in [5.74, 6) is 2.35. The van der Waals surface area contributed by atoms with Crippen molar-refractivity contribution in [3.05, 3.63) is 83.8 Å². The molecule has 0 aliphatic carbocycles. The fourth-order valence-electron chi connectivity index (χ4n) is 2.63. The molecule has 140 valence electrons. The van der Waals surface area contributed by atoms with E-state index in [1.807, 2.05) is 66.5 Å². The minimum Gasteiger partial charge on any atom is -0.439 e. The Morgan fingerprint density at radius 1 is 1.00 bits per heavy atom.